The summed E-state index contributed by atoms with van der Waals surface area (Å²) in [7, 11) is -1.79. The number of amides is 1. The zero-order valence-electron chi connectivity index (χ0n) is 15.5. The average molecular weight is 430 g/mol. The van der Waals surface area contributed by atoms with Gasteiger partial charge in [0.05, 0.1) is 23.1 Å². The van der Waals surface area contributed by atoms with Crippen molar-refractivity contribution in [3.8, 4) is 0 Å². The van der Waals surface area contributed by atoms with E-state index in [4.69, 9.17) is 4.74 Å². The lowest BCUT2D eigenvalue weighted by atomic mass is 10.2. The summed E-state index contributed by atoms with van der Waals surface area (Å²) in [6, 6.07) is 5.44. The van der Waals surface area contributed by atoms with Crippen molar-refractivity contribution in [1.82, 2.24) is 8.87 Å². The molecule has 1 aliphatic rings. The fraction of sp³-hybridized carbons (Fsp3) is 0.529. The number of carbonyl (C=O) groups excluding carboxylic acids is 1. The summed E-state index contributed by atoms with van der Waals surface area (Å²) in [5.74, 6) is -0.402. The van der Waals surface area contributed by atoms with Crippen molar-refractivity contribution in [3.63, 3.8) is 0 Å². The number of thiazole rings is 1. The number of ether oxygens (including phenoxy) is 1. The Balaban J connectivity index is 2.04. The molecule has 0 bridgehead atoms. The lowest BCUT2D eigenvalue weighted by molar-refractivity contribution is -0.121. The van der Waals surface area contributed by atoms with Crippen molar-refractivity contribution >= 4 is 49.2 Å². The van der Waals surface area contributed by atoms with Crippen molar-refractivity contribution in [1.29, 1.82) is 0 Å². The summed E-state index contributed by atoms with van der Waals surface area (Å²) in [6.07, 6.45) is 4.34. The molecule has 0 saturated carbocycles. The summed E-state index contributed by atoms with van der Waals surface area (Å²) in [5, 5.41) is 0. The lowest BCUT2D eigenvalue weighted by Crippen LogP contribution is -2.40. The minimum Gasteiger partial charge on any atom is -0.383 e. The fourth-order valence-electron chi connectivity index (χ4n) is 3.22. The predicted molar refractivity (Wildman–Crippen MR) is 109 cm³/mol. The number of thioether (sulfide) groups is 1. The highest BCUT2D eigenvalue weighted by molar-refractivity contribution is 7.98. The summed E-state index contributed by atoms with van der Waals surface area (Å²) in [5.41, 5.74) is 0.993. The van der Waals surface area contributed by atoms with E-state index in [2.05, 4.69) is 11.1 Å². The Bertz CT molecular complexity index is 1010. The van der Waals surface area contributed by atoms with Gasteiger partial charge in [-0.2, -0.15) is 9.30 Å². The molecule has 0 N–H and O–H groups in total. The number of hydrogen-bond donors (Lipinski definition) is 0. The second-order valence-corrected chi connectivity index (χ2v) is 10.2. The number of hydrogen-bond acceptors (Lipinski definition) is 6. The number of aromatic nitrogens is 1. The van der Waals surface area contributed by atoms with E-state index < -0.39 is 22.0 Å². The second kappa shape index (κ2) is 8.44. The van der Waals surface area contributed by atoms with Crippen LogP contribution in [0.2, 0.25) is 0 Å². The van der Waals surface area contributed by atoms with Gasteiger partial charge in [0.25, 0.3) is 5.91 Å². The summed E-state index contributed by atoms with van der Waals surface area (Å²) in [6.45, 7) is 1.44. The van der Waals surface area contributed by atoms with Gasteiger partial charge < -0.3 is 9.30 Å². The molecule has 1 fully saturated rings. The normalized spacial score (nSPS) is 19.2. The largest absolute Gasteiger partial charge is 0.383 e. The maximum absolute atomic E-state index is 12.8. The molecule has 0 radical (unpaired) electrons. The van der Waals surface area contributed by atoms with E-state index in [0.717, 1.165) is 21.4 Å². The van der Waals surface area contributed by atoms with Crippen molar-refractivity contribution in [2.24, 2.45) is 4.99 Å². The van der Waals surface area contributed by atoms with Crippen LogP contribution in [0, 0.1) is 0 Å². The van der Waals surface area contributed by atoms with Crippen molar-refractivity contribution in [3.05, 3.63) is 23.0 Å². The molecule has 1 saturated heterocycles. The molecule has 1 aliphatic heterocycles. The van der Waals surface area contributed by atoms with Crippen LogP contribution in [0.1, 0.15) is 12.8 Å². The Hall–Kier alpha value is -1.20. The Labute approximate surface area is 167 Å². The van der Waals surface area contributed by atoms with Crippen LogP contribution in [0.15, 0.2) is 28.1 Å². The van der Waals surface area contributed by atoms with Gasteiger partial charge in [-0.05, 0) is 37.3 Å². The highest BCUT2D eigenvalue weighted by Gasteiger charge is 2.36. The Morgan fingerprint density at radius 2 is 2.22 bits per heavy atom. The van der Waals surface area contributed by atoms with Gasteiger partial charge in [0.2, 0.25) is 10.0 Å². The monoisotopic (exact) mass is 429 g/mol. The molecule has 1 atom stereocenters. The third kappa shape index (κ3) is 4.45. The molecule has 1 unspecified atom stereocenters. The molecular weight excluding hydrogens is 406 g/mol. The topological polar surface area (TPSA) is 81.0 Å². The molecular formula is C17H23N3O4S3. The van der Waals surface area contributed by atoms with Crippen LogP contribution < -0.4 is 4.80 Å². The minimum atomic E-state index is -3.42. The van der Waals surface area contributed by atoms with Gasteiger partial charge in [-0.1, -0.05) is 11.3 Å². The van der Waals surface area contributed by atoms with E-state index >= 15 is 0 Å². The predicted octanol–water partition coefficient (Wildman–Crippen LogP) is 1.92. The first-order valence-electron chi connectivity index (χ1n) is 8.57. The Morgan fingerprint density at radius 1 is 1.44 bits per heavy atom. The SMILES string of the molecule is COCCn1c(=NC(=O)C2CCCN2S(C)(=O)=O)sc2cc(SC)ccc21. The molecule has 0 spiro atoms. The van der Waals surface area contributed by atoms with Gasteiger partial charge in [-0.3, -0.25) is 4.79 Å². The molecule has 1 aromatic carbocycles. The van der Waals surface area contributed by atoms with E-state index in [1.165, 1.54) is 15.6 Å². The average Bonchev–Trinajstić information content (AvgIpc) is 3.24. The van der Waals surface area contributed by atoms with Gasteiger partial charge in [0, 0.05) is 25.1 Å². The van der Waals surface area contributed by atoms with Crippen LogP contribution in [0.25, 0.3) is 10.2 Å². The minimum absolute atomic E-state index is 0.373. The summed E-state index contributed by atoms with van der Waals surface area (Å²) < 4.78 is 33.3. The van der Waals surface area contributed by atoms with Gasteiger partial charge >= 0.3 is 0 Å². The van der Waals surface area contributed by atoms with Gasteiger partial charge in [0.1, 0.15) is 6.04 Å². The van der Waals surface area contributed by atoms with Gasteiger partial charge in [-0.15, -0.1) is 11.8 Å². The molecule has 2 heterocycles. The molecule has 10 heteroatoms. The van der Waals surface area contributed by atoms with E-state index in [0.29, 0.717) is 37.3 Å². The molecule has 7 nitrogen and oxygen atoms in total. The number of sulfonamides is 1. The second-order valence-electron chi connectivity index (χ2n) is 6.34. The Kier molecular flexibility index (Phi) is 6.42. The number of rotatable bonds is 6. The van der Waals surface area contributed by atoms with Crippen LogP contribution in [0.3, 0.4) is 0 Å². The zero-order valence-corrected chi connectivity index (χ0v) is 18.0. The van der Waals surface area contributed by atoms with Gasteiger partial charge in [-0.25, -0.2) is 8.42 Å². The van der Waals surface area contributed by atoms with Crippen molar-refractivity contribution in [2.45, 2.75) is 30.3 Å². The maximum atomic E-state index is 12.8. The number of carbonyl (C=O) groups is 1. The number of nitrogens with zero attached hydrogens (tertiary/aromatic N) is 3. The highest BCUT2D eigenvalue weighted by Crippen LogP contribution is 2.25. The third-order valence-corrected chi connectivity index (χ3v) is 7.59. The smallest absolute Gasteiger partial charge is 0.266 e. The molecule has 1 amide bonds. The molecule has 3 rings (SSSR count). The number of benzene rings is 1. The zero-order chi connectivity index (χ0) is 19.6. The summed E-state index contributed by atoms with van der Waals surface area (Å²) in [4.78, 5) is 18.8. The first-order chi connectivity index (χ1) is 12.8. The van der Waals surface area contributed by atoms with Crippen LogP contribution in [0.5, 0.6) is 0 Å². The van der Waals surface area contributed by atoms with Crippen LogP contribution in [-0.4, -0.2) is 62.0 Å². The molecule has 2 aromatic rings. The van der Waals surface area contributed by atoms with Crippen molar-refractivity contribution < 1.29 is 17.9 Å². The van der Waals surface area contributed by atoms with Crippen molar-refractivity contribution in [2.75, 3.05) is 32.8 Å². The van der Waals surface area contributed by atoms with E-state index in [1.54, 1.807) is 18.9 Å². The third-order valence-electron chi connectivity index (χ3n) is 4.53. The van der Waals surface area contributed by atoms with E-state index in [9.17, 15) is 13.2 Å². The number of methoxy groups -OCH3 is 1. The fourth-order valence-corrected chi connectivity index (χ4v) is 5.95. The first-order valence-corrected chi connectivity index (χ1v) is 12.5. The lowest BCUT2D eigenvalue weighted by Gasteiger charge is -2.18. The van der Waals surface area contributed by atoms with E-state index in [1.807, 2.05) is 23.0 Å². The molecule has 148 valence electrons. The van der Waals surface area contributed by atoms with Gasteiger partial charge in [0.15, 0.2) is 4.80 Å². The highest BCUT2D eigenvalue weighted by atomic mass is 32.2. The standard InChI is InChI=1S/C17H23N3O4S3/c1-24-10-9-19-13-7-6-12(25-2)11-15(13)26-17(19)18-16(21)14-5-4-8-20(14)27(3,22)23/h6-7,11,14H,4-5,8-10H2,1-3H3. The van der Waals surface area contributed by atoms with E-state index in [-0.39, 0.29) is 0 Å². The molecule has 27 heavy (non-hydrogen) atoms. The van der Waals surface area contributed by atoms with Crippen LogP contribution >= 0.6 is 23.1 Å². The number of fused-ring (bicyclic) bond motifs is 1. The Morgan fingerprint density at radius 3 is 2.89 bits per heavy atom. The van der Waals surface area contributed by atoms with Crippen LogP contribution in [-0.2, 0) is 26.1 Å². The van der Waals surface area contributed by atoms with Crippen LogP contribution in [0.4, 0.5) is 0 Å². The molecule has 1 aromatic heterocycles. The maximum Gasteiger partial charge on any atom is 0.266 e. The first kappa shape index (κ1) is 20.5. The molecule has 0 aliphatic carbocycles. The quantitative estimate of drug-likeness (QED) is 0.656. The summed E-state index contributed by atoms with van der Waals surface area (Å²) >= 11 is 3.09.